The van der Waals surface area contributed by atoms with Crippen molar-refractivity contribution in [1.29, 1.82) is 0 Å². The van der Waals surface area contributed by atoms with Crippen molar-refractivity contribution in [1.82, 2.24) is 10.2 Å². The van der Waals surface area contributed by atoms with Crippen molar-refractivity contribution in [3.63, 3.8) is 0 Å². The lowest BCUT2D eigenvalue weighted by atomic mass is 10.1. The molecule has 2 rings (SSSR count). The molecule has 0 saturated heterocycles. The van der Waals surface area contributed by atoms with E-state index in [-0.39, 0.29) is 23.2 Å². The van der Waals surface area contributed by atoms with Gasteiger partial charge in [0.1, 0.15) is 12.6 Å². The number of nitrogens with zero attached hydrogens (tertiary/aromatic N) is 1. The molecule has 0 radical (unpaired) electrons. The zero-order valence-electron chi connectivity index (χ0n) is 11.8. The first-order valence-corrected chi connectivity index (χ1v) is 6.63. The third-order valence-electron chi connectivity index (χ3n) is 3.28. The van der Waals surface area contributed by atoms with E-state index in [1.165, 1.54) is 18.2 Å². The maximum Gasteiger partial charge on any atom is 0.264 e. The first-order valence-electron chi connectivity index (χ1n) is 6.63. The van der Waals surface area contributed by atoms with Crippen LogP contribution in [-0.2, 0) is 9.59 Å². The number of carbonyl (C=O) groups excluding carboxylic acids is 4. The molecular weight excluding hydrogens is 290 g/mol. The Hall–Kier alpha value is -2.74. The number of benzene rings is 1. The molecule has 0 spiro atoms. The Bertz CT molecular complexity index is 670. The van der Waals surface area contributed by atoms with E-state index in [9.17, 15) is 24.3 Å². The van der Waals surface area contributed by atoms with Gasteiger partial charge in [-0.2, -0.15) is 0 Å². The second-order valence-electron chi connectivity index (χ2n) is 4.80. The van der Waals surface area contributed by atoms with Crippen LogP contribution >= 0.6 is 0 Å². The van der Waals surface area contributed by atoms with E-state index in [0.717, 1.165) is 0 Å². The van der Waals surface area contributed by atoms with Gasteiger partial charge in [0, 0.05) is 5.69 Å². The number of fused-ring (bicyclic) bond motifs is 1. The number of aliphatic hydroxyl groups is 1. The van der Waals surface area contributed by atoms with Crippen LogP contribution in [0.3, 0.4) is 0 Å². The number of hydrogen-bond donors (Lipinski definition) is 3. The molecule has 1 aliphatic heterocycles. The summed E-state index contributed by atoms with van der Waals surface area (Å²) in [6.07, 6.45) is -1.18. The predicted octanol–water partition coefficient (Wildman–Crippen LogP) is -0.721. The van der Waals surface area contributed by atoms with Crippen LogP contribution in [0.4, 0.5) is 5.69 Å². The molecule has 22 heavy (non-hydrogen) atoms. The van der Waals surface area contributed by atoms with E-state index in [1.54, 1.807) is 6.92 Å². The van der Waals surface area contributed by atoms with Gasteiger partial charge in [0.05, 0.1) is 11.1 Å². The number of nitrogens with two attached hydrogens (primary N) is 1. The van der Waals surface area contributed by atoms with E-state index in [1.807, 2.05) is 5.32 Å². The fraction of sp³-hybridized carbons (Fsp3) is 0.286. The summed E-state index contributed by atoms with van der Waals surface area (Å²) in [4.78, 5) is 48.1. The van der Waals surface area contributed by atoms with Crippen molar-refractivity contribution < 1.29 is 24.3 Å². The number of aliphatic hydroxyl groups excluding tert-OH is 1. The Morgan fingerprint density at radius 1 is 1.32 bits per heavy atom. The maximum absolute atomic E-state index is 12.2. The largest absolute Gasteiger partial charge is 0.398 e. The summed E-state index contributed by atoms with van der Waals surface area (Å²) in [5.41, 5.74) is 6.00. The van der Waals surface area contributed by atoms with Gasteiger partial charge in [0.2, 0.25) is 5.91 Å². The normalized spacial score (nSPS) is 14.7. The summed E-state index contributed by atoms with van der Waals surface area (Å²) in [5.74, 6) is -3.06. The monoisotopic (exact) mass is 305 g/mol. The lowest BCUT2D eigenvalue weighted by Gasteiger charge is -2.14. The second-order valence-corrected chi connectivity index (χ2v) is 4.80. The third-order valence-corrected chi connectivity index (χ3v) is 3.28. The summed E-state index contributed by atoms with van der Waals surface area (Å²) >= 11 is 0. The Balaban J connectivity index is 2.11. The van der Waals surface area contributed by atoms with E-state index >= 15 is 0 Å². The van der Waals surface area contributed by atoms with Crippen LogP contribution in [-0.4, -0.2) is 46.3 Å². The smallest absolute Gasteiger partial charge is 0.264 e. The Kier molecular flexibility index (Phi) is 4.22. The molecule has 1 unspecified atom stereocenters. The van der Waals surface area contributed by atoms with Gasteiger partial charge in [-0.15, -0.1) is 0 Å². The number of nitrogen functional groups attached to an aromatic ring is 1. The number of carbonyl (C=O) groups is 4. The number of anilines is 1. The van der Waals surface area contributed by atoms with Crippen molar-refractivity contribution >= 4 is 29.3 Å². The molecule has 1 aromatic carbocycles. The molecule has 1 heterocycles. The standard InChI is InChI=1S/C14H15N3O5/c1-2-9(18)12(20)16-10(19)6-17-13(21)7-4-3-5-8(15)11(7)14(17)22/h3-5,9,18H,2,6,15H2,1H3,(H,16,19,20). The lowest BCUT2D eigenvalue weighted by Crippen LogP contribution is -2.45. The van der Waals surface area contributed by atoms with Crippen molar-refractivity contribution in [2.24, 2.45) is 0 Å². The van der Waals surface area contributed by atoms with Crippen molar-refractivity contribution in [2.45, 2.75) is 19.4 Å². The summed E-state index contributed by atoms with van der Waals surface area (Å²) in [6.45, 7) is 0.954. The highest BCUT2D eigenvalue weighted by molar-refractivity contribution is 6.24. The molecule has 1 aliphatic rings. The van der Waals surface area contributed by atoms with Crippen LogP contribution in [0.2, 0.25) is 0 Å². The quantitative estimate of drug-likeness (QED) is 0.497. The molecule has 0 saturated carbocycles. The molecule has 0 bridgehead atoms. The molecule has 116 valence electrons. The van der Waals surface area contributed by atoms with E-state index in [0.29, 0.717) is 4.90 Å². The molecule has 0 fully saturated rings. The van der Waals surface area contributed by atoms with Gasteiger partial charge in [-0.25, -0.2) is 0 Å². The molecule has 1 aromatic rings. The Morgan fingerprint density at radius 3 is 2.59 bits per heavy atom. The van der Waals surface area contributed by atoms with Gasteiger partial charge in [0.15, 0.2) is 0 Å². The minimum absolute atomic E-state index is 0.0558. The fourth-order valence-corrected chi connectivity index (χ4v) is 2.09. The van der Waals surface area contributed by atoms with Gasteiger partial charge in [-0.3, -0.25) is 29.4 Å². The number of hydrogen-bond acceptors (Lipinski definition) is 6. The van der Waals surface area contributed by atoms with Crippen molar-refractivity contribution in [3.05, 3.63) is 29.3 Å². The summed E-state index contributed by atoms with van der Waals surface area (Å²) in [5, 5.41) is 11.2. The van der Waals surface area contributed by atoms with Crippen LogP contribution in [0.1, 0.15) is 34.1 Å². The predicted molar refractivity (Wildman–Crippen MR) is 75.7 cm³/mol. The van der Waals surface area contributed by atoms with E-state index in [2.05, 4.69) is 0 Å². The van der Waals surface area contributed by atoms with Crippen LogP contribution in [0.15, 0.2) is 18.2 Å². The first-order chi connectivity index (χ1) is 10.4. The van der Waals surface area contributed by atoms with Crippen LogP contribution in [0.5, 0.6) is 0 Å². The average molecular weight is 305 g/mol. The maximum atomic E-state index is 12.2. The zero-order valence-corrected chi connectivity index (χ0v) is 11.8. The number of nitrogens with one attached hydrogen (secondary N) is 1. The second kappa shape index (κ2) is 5.94. The number of amides is 4. The summed E-state index contributed by atoms with van der Waals surface area (Å²) in [6, 6.07) is 4.45. The third kappa shape index (κ3) is 2.68. The topological polar surface area (TPSA) is 130 Å². The van der Waals surface area contributed by atoms with Gasteiger partial charge in [0.25, 0.3) is 17.7 Å². The minimum atomic E-state index is -1.32. The minimum Gasteiger partial charge on any atom is -0.398 e. The van der Waals surface area contributed by atoms with Crippen LogP contribution < -0.4 is 11.1 Å². The van der Waals surface area contributed by atoms with Crippen LogP contribution in [0, 0.1) is 0 Å². The Labute approximate surface area is 125 Å². The van der Waals surface area contributed by atoms with E-state index in [4.69, 9.17) is 5.73 Å². The zero-order chi connectivity index (χ0) is 16.4. The van der Waals surface area contributed by atoms with Crippen molar-refractivity contribution in [2.75, 3.05) is 12.3 Å². The molecule has 0 aromatic heterocycles. The molecule has 1 atom stereocenters. The van der Waals surface area contributed by atoms with Gasteiger partial charge >= 0.3 is 0 Å². The summed E-state index contributed by atoms with van der Waals surface area (Å²) in [7, 11) is 0. The first kappa shape index (κ1) is 15.6. The molecule has 8 nitrogen and oxygen atoms in total. The molecule has 8 heteroatoms. The SMILES string of the molecule is CCC(O)C(=O)NC(=O)CN1C(=O)c2cccc(N)c2C1=O. The van der Waals surface area contributed by atoms with Gasteiger partial charge in [-0.05, 0) is 18.6 Å². The van der Waals surface area contributed by atoms with E-state index < -0.39 is 36.3 Å². The molecule has 0 aliphatic carbocycles. The lowest BCUT2D eigenvalue weighted by molar-refractivity contribution is -0.136. The highest BCUT2D eigenvalue weighted by Gasteiger charge is 2.38. The van der Waals surface area contributed by atoms with Crippen molar-refractivity contribution in [3.8, 4) is 0 Å². The molecule has 4 amide bonds. The van der Waals surface area contributed by atoms with Crippen LogP contribution in [0.25, 0.3) is 0 Å². The Morgan fingerprint density at radius 2 is 2.00 bits per heavy atom. The summed E-state index contributed by atoms with van der Waals surface area (Å²) < 4.78 is 0. The highest BCUT2D eigenvalue weighted by Crippen LogP contribution is 2.27. The fourth-order valence-electron chi connectivity index (χ4n) is 2.09. The highest BCUT2D eigenvalue weighted by atomic mass is 16.3. The molecular formula is C14H15N3O5. The molecule has 4 N–H and O–H groups in total. The number of imide groups is 2. The average Bonchev–Trinajstić information content (AvgIpc) is 2.72. The van der Waals surface area contributed by atoms with Gasteiger partial charge < -0.3 is 10.8 Å². The van der Waals surface area contributed by atoms with Gasteiger partial charge in [-0.1, -0.05) is 13.0 Å². The number of rotatable bonds is 4.